The number of aliphatic hydroxyl groups is 1. The molecule has 2 aromatic rings. The molecule has 2 rings (SSSR count). The van der Waals surface area contributed by atoms with E-state index in [0.29, 0.717) is 6.42 Å². The van der Waals surface area contributed by atoms with Gasteiger partial charge < -0.3 is 5.11 Å². The summed E-state index contributed by atoms with van der Waals surface area (Å²) < 4.78 is 0. The zero-order valence-electron chi connectivity index (χ0n) is 9.60. The molecule has 0 fully saturated rings. The standard InChI is InChI=1S/C14H16OS/c1-11-5-7-12(8-6-11)10-14(2,15)13-4-3-9-16-13/h3-9,15H,10H2,1-2H3. The molecule has 1 heterocycles. The van der Waals surface area contributed by atoms with Gasteiger partial charge in [0.15, 0.2) is 0 Å². The number of benzene rings is 1. The molecular formula is C14H16OS. The van der Waals surface area contributed by atoms with E-state index in [1.807, 2.05) is 24.4 Å². The van der Waals surface area contributed by atoms with Gasteiger partial charge in [-0.2, -0.15) is 0 Å². The molecule has 84 valence electrons. The summed E-state index contributed by atoms with van der Waals surface area (Å²) in [7, 11) is 0. The smallest absolute Gasteiger partial charge is 0.0999 e. The second kappa shape index (κ2) is 4.40. The van der Waals surface area contributed by atoms with Crippen LogP contribution in [0.2, 0.25) is 0 Å². The van der Waals surface area contributed by atoms with E-state index in [1.165, 1.54) is 11.1 Å². The van der Waals surface area contributed by atoms with Crippen molar-refractivity contribution in [1.29, 1.82) is 0 Å². The highest BCUT2D eigenvalue weighted by Crippen LogP contribution is 2.28. The van der Waals surface area contributed by atoms with Crippen molar-refractivity contribution in [3.8, 4) is 0 Å². The lowest BCUT2D eigenvalue weighted by atomic mass is 9.94. The average Bonchev–Trinajstić information content (AvgIpc) is 2.75. The van der Waals surface area contributed by atoms with Crippen LogP contribution in [0, 0.1) is 6.92 Å². The second-order valence-corrected chi connectivity index (χ2v) is 5.36. The van der Waals surface area contributed by atoms with E-state index in [1.54, 1.807) is 11.3 Å². The third-order valence-corrected chi connectivity index (χ3v) is 3.84. The Hall–Kier alpha value is -1.12. The first-order chi connectivity index (χ1) is 7.58. The van der Waals surface area contributed by atoms with Gasteiger partial charge in [0, 0.05) is 11.3 Å². The quantitative estimate of drug-likeness (QED) is 0.858. The summed E-state index contributed by atoms with van der Waals surface area (Å²) in [6, 6.07) is 12.3. The van der Waals surface area contributed by atoms with Crippen molar-refractivity contribution in [3.63, 3.8) is 0 Å². The van der Waals surface area contributed by atoms with Crippen LogP contribution in [0.1, 0.15) is 22.9 Å². The van der Waals surface area contributed by atoms with Gasteiger partial charge in [-0.1, -0.05) is 35.9 Å². The van der Waals surface area contributed by atoms with Crippen LogP contribution in [0.25, 0.3) is 0 Å². The van der Waals surface area contributed by atoms with E-state index in [0.717, 1.165) is 4.88 Å². The lowest BCUT2D eigenvalue weighted by Crippen LogP contribution is -2.22. The topological polar surface area (TPSA) is 20.2 Å². The molecule has 1 atom stereocenters. The SMILES string of the molecule is Cc1ccc(CC(C)(O)c2cccs2)cc1. The molecular weight excluding hydrogens is 216 g/mol. The summed E-state index contributed by atoms with van der Waals surface area (Å²) in [5, 5.41) is 12.4. The Morgan fingerprint density at radius 1 is 1.19 bits per heavy atom. The predicted octanol–water partition coefficient (Wildman–Crippen LogP) is 3.51. The minimum absolute atomic E-state index is 0.661. The molecule has 0 saturated heterocycles. The minimum atomic E-state index is -0.760. The van der Waals surface area contributed by atoms with Gasteiger partial charge in [0.25, 0.3) is 0 Å². The van der Waals surface area contributed by atoms with E-state index in [-0.39, 0.29) is 0 Å². The highest BCUT2D eigenvalue weighted by Gasteiger charge is 2.24. The summed E-state index contributed by atoms with van der Waals surface area (Å²) in [6.07, 6.45) is 0.661. The first-order valence-corrected chi connectivity index (χ1v) is 6.28. The van der Waals surface area contributed by atoms with Crippen molar-refractivity contribution in [2.75, 3.05) is 0 Å². The summed E-state index contributed by atoms with van der Waals surface area (Å²) in [5.41, 5.74) is 1.66. The van der Waals surface area contributed by atoms with Crippen LogP contribution in [-0.4, -0.2) is 5.11 Å². The Morgan fingerprint density at radius 2 is 1.88 bits per heavy atom. The maximum Gasteiger partial charge on any atom is 0.0999 e. The van der Waals surface area contributed by atoms with Gasteiger partial charge >= 0.3 is 0 Å². The molecule has 0 aliphatic carbocycles. The van der Waals surface area contributed by atoms with Crippen molar-refractivity contribution in [3.05, 3.63) is 57.8 Å². The van der Waals surface area contributed by atoms with Gasteiger partial charge in [-0.3, -0.25) is 0 Å². The molecule has 0 aliphatic rings. The maximum atomic E-state index is 10.4. The molecule has 0 amide bonds. The summed E-state index contributed by atoms with van der Waals surface area (Å²) in [6.45, 7) is 3.94. The average molecular weight is 232 g/mol. The Labute approximate surface area is 100 Å². The Balaban J connectivity index is 2.18. The number of rotatable bonds is 3. The van der Waals surface area contributed by atoms with Gasteiger partial charge in [-0.05, 0) is 30.9 Å². The zero-order chi connectivity index (χ0) is 11.6. The normalized spacial score (nSPS) is 14.7. The van der Waals surface area contributed by atoms with Crippen LogP contribution in [0.4, 0.5) is 0 Å². The fourth-order valence-electron chi connectivity index (χ4n) is 1.78. The molecule has 0 aliphatic heterocycles. The van der Waals surface area contributed by atoms with Crippen LogP contribution in [0.5, 0.6) is 0 Å². The van der Waals surface area contributed by atoms with Crippen molar-refractivity contribution in [1.82, 2.24) is 0 Å². The van der Waals surface area contributed by atoms with E-state index < -0.39 is 5.60 Å². The molecule has 1 N–H and O–H groups in total. The molecule has 1 unspecified atom stereocenters. The Morgan fingerprint density at radius 3 is 2.44 bits per heavy atom. The summed E-state index contributed by atoms with van der Waals surface area (Å²) in [4.78, 5) is 1.02. The first-order valence-electron chi connectivity index (χ1n) is 5.40. The van der Waals surface area contributed by atoms with Crippen molar-refractivity contribution in [2.24, 2.45) is 0 Å². The Kier molecular flexibility index (Phi) is 3.13. The third-order valence-electron chi connectivity index (χ3n) is 2.72. The molecule has 2 heteroatoms. The van der Waals surface area contributed by atoms with Crippen molar-refractivity contribution in [2.45, 2.75) is 25.9 Å². The molecule has 0 bridgehead atoms. The zero-order valence-corrected chi connectivity index (χ0v) is 10.4. The first kappa shape index (κ1) is 11.4. The molecule has 16 heavy (non-hydrogen) atoms. The monoisotopic (exact) mass is 232 g/mol. The van der Waals surface area contributed by atoms with E-state index in [2.05, 4.69) is 31.2 Å². The van der Waals surface area contributed by atoms with Crippen molar-refractivity contribution >= 4 is 11.3 Å². The second-order valence-electron chi connectivity index (χ2n) is 4.41. The lowest BCUT2D eigenvalue weighted by molar-refractivity contribution is 0.0615. The van der Waals surface area contributed by atoms with Crippen LogP contribution in [0.15, 0.2) is 41.8 Å². The van der Waals surface area contributed by atoms with E-state index >= 15 is 0 Å². The molecule has 1 aromatic carbocycles. The fraction of sp³-hybridized carbons (Fsp3) is 0.286. The van der Waals surface area contributed by atoms with Crippen molar-refractivity contribution < 1.29 is 5.11 Å². The number of hydrogen-bond acceptors (Lipinski definition) is 2. The number of aryl methyl sites for hydroxylation is 1. The molecule has 0 saturated carbocycles. The number of hydrogen-bond donors (Lipinski definition) is 1. The Bertz CT molecular complexity index is 440. The predicted molar refractivity (Wildman–Crippen MR) is 68.8 cm³/mol. The van der Waals surface area contributed by atoms with Crippen LogP contribution >= 0.6 is 11.3 Å². The van der Waals surface area contributed by atoms with E-state index in [4.69, 9.17) is 0 Å². The van der Waals surface area contributed by atoms with Crippen LogP contribution in [0.3, 0.4) is 0 Å². The fourth-order valence-corrected chi connectivity index (χ4v) is 2.56. The summed E-state index contributed by atoms with van der Waals surface area (Å²) in [5.74, 6) is 0. The molecule has 0 radical (unpaired) electrons. The van der Waals surface area contributed by atoms with Gasteiger partial charge in [-0.25, -0.2) is 0 Å². The van der Waals surface area contributed by atoms with Crippen LogP contribution < -0.4 is 0 Å². The highest BCUT2D eigenvalue weighted by molar-refractivity contribution is 7.10. The van der Waals surface area contributed by atoms with Gasteiger partial charge in [0.05, 0.1) is 5.60 Å². The summed E-state index contributed by atoms with van der Waals surface area (Å²) >= 11 is 1.60. The van der Waals surface area contributed by atoms with Crippen LogP contribution in [-0.2, 0) is 12.0 Å². The number of thiophene rings is 1. The largest absolute Gasteiger partial charge is 0.384 e. The van der Waals surface area contributed by atoms with Gasteiger partial charge in [-0.15, -0.1) is 11.3 Å². The van der Waals surface area contributed by atoms with E-state index in [9.17, 15) is 5.11 Å². The maximum absolute atomic E-state index is 10.4. The van der Waals surface area contributed by atoms with Gasteiger partial charge in [0.1, 0.15) is 0 Å². The molecule has 0 spiro atoms. The molecule has 1 nitrogen and oxygen atoms in total. The molecule has 1 aromatic heterocycles. The van der Waals surface area contributed by atoms with Gasteiger partial charge in [0.2, 0.25) is 0 Å². The lowest BCUT2D eigenvalue weighted by Gasteiger charge is -2.22. The third kappa shape index (κ3) is 2.52. The minimum Gasteiger partial charge on any atom is -0.384 e. The highest BCUT2D eigenvalue weighted by atomic mass is 32.1.